The van der Waals surface area contributed by atoms with Gasteiger partial charge in [-0.25, -0.2) is 14.4 Å². The standard InChI is InChI=1S/C12H17N3O4.C12H19N3O4/c1-12(2,3)18-11(17)15-9(6-10(16)19-15)8-7-13-4-5-14-8;1-12(2,3)19-11(17)15(18)10(4-7-16)9-8-13-5-6-14-9/h4-5,7,9-10,16H,6H2,1-3H3;5-6,8,10,16,18H,4,7H2,1-3H3/t9-,10?;10-/m00/s1. The van der Waals surface area contributed by atoms with Gasteiger partial charge >= 0.3 is 12.2 Å². The molecule has 1 unspecified atom stereocenters. The number of aliphatic hydroxyl groups excluding tert-OH is 2. The van der Waals surface area contributed by atoms with Crippen molar-refractivity contribution in [1.29, 1.82) is 0 Å². The summed E-state index contributed by atoms with van der Waals surface area (Å²) in [5, 5.41) is 29.9. The lowest BCUT2D eigenvalue weighted by molar-refractivity contribution is -0.207. The lowest BCUT2D eigenvalue weighted by atomic mass is 10.1. The molecule has 3 rings (SSSR count). The van der Waals surface area contributed by atoms with Crippen LogP contribution in [-0.4, -0.2) is 81.8 Å². The molecule has 3 atom stereocenters. The summed E-state index contributed by atoms with van der Waals surface area (Å²) in [6.07, 6.45) is 6.71. The SMILES string of the molecule is CC(C)(C)OC(=O)N(O)[C@@H](CCO)c1cnccn1.CC(C)(C)OC(=O)N1OC(O)C[C@H]1c1cnccn1. The minimum absolute atomic E-state index is 0.133. The number of hydroxylamine groups is 4. The number of aromatic nitrogens is 4. The smallest absolute Gasteiger partial charge is 0.435 e. The molecule has 0 saturated carbocycles. The number of aliphatic hydroxyl groups is 2. The van der Waals surface area contributed by atoms with Crippen molar-refractivity contribution in [2.75, 3.05) is 6.61 Å². The molecule has 1 fully saturated rings. The number of nitrogens with zero attached hydrogens (tertiary/aromatic N) is 6. The zero-order chi connectivity index (χ0) is 28.5. The second kappa shape index (κ2) is 13.4. The van der Waals surface area contributed by atoms with Crippen LogP contribution in [0.1, 0.15) is 77.9 Å². The summed E-state index contributed by atoms with van der Waals surface area (Å²) >= 11 is 0. The molecule has 2 amide bonds. The van der Waals surface area contributed by atoms with Gasteiger partial charge in [-0.15, -0.1) is 0 Å². The maximum Gasteiger partial charge on any atom is 0.435 e. The first kappa shape index (κ1) is 30.8. The van der Waals surface area contributed by atoms with E-state index in [1.54, 1.807) is 41.5 Å². The van der Waals surface area contributed by atoms with Crippen LogP contribution in [-0.2, 0) is 14.3 Å². The first-order valence-corrected chi connectivity index (χ1v) is 11.9. The normalized spacial score (nSPS) is 18.2. The van der Waals surface area contributed by atoms with Crippen LogP contribution < -0.4 is 0 Å². The fraction of sp³-hybridized carbons (Fsp3) is 0.583. The lowest BCUT2D eigenvalue weighted by Crippen LogP contribution is -2.37. The molecule has 0 bridgehead atoms. The van der Waals surface area contributed by atoms with E-state index in [4.69, 9.17) is 19.4 Å². The van der Waals surface area contributed by atoms with Crippen LogP contribution in [0.3, 0.4) is 0 Å². The minimum Gasteiger partial charge on any atom is -0.442 e. The monoisotopic (exact) mass is 536 g/mol. The Balaban J connectivity index is 0.000000267. The van der Waals surface area contributed by atoms with Gasteiger partial charge in [-0.2, -0.15) is 10.1 Å². The molecule has 3 N–H and O–H groups in total. The fourth-order valence-corrected chi connectivity index (χ4v) is 3.17. The van der Waals surface area contributed by atoms with Crippen molar-refractivity contribution in [3.05, 3.63) is 48.6 Å². The van der Waals surface area contributed by atoms with Gasteiger partial charge in [0.25, 0.3) is 0 Å². The highest BCUT2D eigenvalue weighted by Gasteiger charge is 2.40. The summed E-state index contributed by atoms with van der Waals surface area (Å²) in [5.41, 5.74) is -0.430. The zero-order valence-corrected chi connectivity index (χ0v) is 22.4. The predicted octanol–water partition coefficient (Wildman–Crippen LogP) is 2.93. The van der Waals surface area contributed by atoms with Crippen molar-refractivity contribution in [3.8, 4) is 0 Å². The van der Waals surface area contributed by atoms with Crippen molar-refractivity contribution >= 4 is 12.2 Å². The van der Waals surface area contributed by atoms with Crippen LogP contribution in [0.25, 0.3) is 0 Å². The average molecular weight is 537 g/mol. The summed E-state index contributed by atoms with van der Waals surface area (Å²) in [7, 11) is 0. The van der Waals surface area contributed by atoms with Crippen LogP contribution in [0.5, 0.6) is 0 Å². The Bertz CT molecular complexity index is 979. The van der Waals surface area contributed by atoms with Gasteiger partial charge in [0.2, 0.25) is 0 Å². The van der Waals surface area contributed by atoms with Gasteiger partial charge in [0.1, 0.15) is 23.3 Å². The van der Waals surface area contributed by atoms with Gasteiger partial charge in [-0.1, -0.05) is 0 Å². The third kappa shape index (κ3) is 9.78. The largest absolute Gasteiger partial charge is 0.442 e. The van der Waals surface area contributed by atoms with Crippen LogP contribution in [0.15, 0.2) is 37.2 Å². The quantitative estimate of drug-likeness (QED) is 0.376. The van der Waals surface area contributed by atoms with E-state index in [2.05, 4.69) is 19.9 Å². The Morgan fingerprint density at radius 3 is 2.16 bits per heavy atom. The Labute approximate surface area is 221 Å². The third-order valence-corrected chi connectivity index (χ3v) is 4.64. The van der Waals surface area contributed by atoms with Crippen LogP contribution >= 0.6 is 0 Å². The number of rotatable bonds is 5. The molecule has 14 heteroatoms. The van der Waals surface area contributed by atoms with Crippen molar-refractivity contribution in [1.82, 2.24) is 30.1 Å². The maximum atomic E-state index is 12.0. The molecule has 38 heavy (non-hydrogen) atoms. The van der Waals surface area contributed by atoms with E-state index >= 15 is 0 Å². The highest BCUT2D eigenvalue weighted by Crippen LogP contribution is 2.33. The van der Waals surface area contributed by atoms with Gasteiger partial charge in [0, 0.05) is 37.8 Å². The number of hydrogen-bond acceptors (Lipinski definition) is 12. The lowest BCUT2D eigenvalue weighted by Gasteiger charge is -2.28. The van der Waals surface area contributed by atoms with Gasteiger partial charge < -0.3 is 19.7 Å². The van der Waals surface area contributed by atoms with Crippen molar-refractivity contribution < 1.29 is 39.3 Å². The molecule has 14 nitrogen and oxygen atoms in total. The number of amides is 2. The Kier molecular flexibility index (Phi) is 10.8. The van der Waals surface area contributed by atoms with Gasteiger partial charge in [-0.3, -0.25) is 25.1 Å². The third-order valence-electron chi connectivity index (χ3n) is 4.64. The molecule has 0 aliphatic carbocycles. The van der Waals surface area contributed by atoms with Crippen LogP contribution in [0, 0.1) is 0 Å². The second-order valence-electron chi connectivity index (χ2n) is 10.2. The molecular weight excluding hydrogens is 500 g/mol. The molecule has 2 aromatic heterocycles. The predicted molar refractivity (Wildman–Crippen MR) is 131 cm³/mol. The van der Waals surface area contributed by atoms with E-state index in [1.807, 2.05) is 0 Å². The molecule has 1 aliphatic rings. The summed E-state index contributed by atoms with van der Waals surface area (Å²) < 4.78 is 10.3. The van der Waals surface area contributed by atoms with E-state index in [9.17, 15) is 19.9 Å². The number of ether oxygens (including phenoxy) is 2. The average Bonchev–Trinajstić information content (AvgIpc) is 3.23. The minimum atomic E-state index is -1.06. The van der Waals surface area contributed by atoms with E-state index in [0.717, 1.165) is 5.06 Å². The molecule has 0 spiro atoms. The van der Waals surface area contributed by atoms with Gasteiger partial charge in [-0.05, 0) is 48.0 Å². The summed E-state index contributed by atoms with van der Waals surface area (Å²) in [6, 6.07) is -1.30. The van der Waals surface area contributed by atoms with Gasteiger partial charge in [0.15, 0.2) is 6.29 Å². The second-order valence-corrected chi connectivity index (χ2v) is 10.2. The number of carbonyl (C=O) groups is 2. The van der Waals surface area contributed by atoms with E-state index in [1.165, 1.54) is 37.2 Å². The maximum absolute atomic E-state index is 12.0. The molecule has 3 heterocycles. The fourth-order valence-electron chi connectivity index (χ4n) is 3.17. The van der Waals surface area contributed by atoms with Gasteiger partial charge in [0.05, 0.1) is 23.8 Å². The van der Waals surface area contributed by atoms with Crippen molar-refractivity contribution in [2.24, 2.45) is 0 Å². The van der Waals surface area contributed by atoms with Crippen molar-refractivity contribution in [3.63, 3.8) is 0 Å². The molecule has 0 aromatic carbocycles. The van der Waals surface area contributed by atoms with E-state index in [0.29, 0.717) is 16.5 Å². The molecule has 0 radical (unpaired) electrons. The molecular formula is C24H36N6O8. The molecule has 1 saturated heterocycles. The topological polar surface area (TPSA) is 181 Å². The van der Waals surface area contributed by atoms with Crippen LogP contribution in [0.2, 0.25) is 0 Å². The Morgan fingerprint density at radius 2 is 1.66 bits per heavy atom. The Hall–Kier alpha value is -3.46. The van der Waals surface area contributed by atoms with E-state index < -0.39 is 41.8 Å². The van der Waals surface area contributed by atoms with Crippen LogP contribution in [0.4, 0.5) is 9.59 Å². The highest BCUT2D eigenvalue weighted by molar-refractivity contribution is 5.68. The molecule has 2 aromatic rings. The zero-order valence-electron chi connectivity index (χ0n) is 22.4. The summed E-state index contributed by atoms with van der Waals surface area (Å²) in [4.78, 5) is 44.8. The summed E-state index contributed by atoms with van der Waals surface area (Å²) in [6.45, 7) is 10.2. The first-order valence-electron chi connectivity index (χ1n) is 11.9. The van der Waals surface area contributed by atoms with E-state index in [-0.39, 0.29) is 19.4 Å². The molecule has 210 valence electrons. The van der Waals surface area contributed by atoms with Crippen molar-refractivity contribution in [2.45, 2.75) is 84.0 Å². The molecule has 1 aliphatic heterocycles. The summed E-state index contributed by atoms with van der Waals surface area (Å²) in [5.74, 6) is 0. The number of carbonyl (C=O) groups excluding carboxylic acids is 2. The highest BCUT2D eigenvalue weighted by atomic mass is 16.8. The Morgan fingerprint density at radius 1 is 1.05 bits per heavy atom. The number of hydrogen-bond donors (Lipinski definition) is 3. The first-order chi connectivity index (χ1) is 17.7.